The fourth-order valence-electron chi connectivity index (χ4n) is 4.83. The standard InChI is InChI=1S/C23H32O3/c1-3-4-23(24)26-22-15-11-20(12-16-22)18-7-5-17(6-8-18)19-9-13-21(25-2)14-10-19/h3,9-10,13-14,17-18,20,22H,1,4-8,11-12,15-16H2,2H3/t17-,18-,20-,22-. The van der Waals surface area contributed by atoms with Gasteiger partial charge in [-0.1, -0.05) is 18.2 Å². The number of hydrogen-bond acceptors (Lipinski definition) is 3. The van der Waals surface area contributed by atoms with Gasteiger partial charge < -0.3 is 9.47 Å². The molecule has 0 atom stereocenters. The lowest BCUT2D eigenvalue weighted by Crippen LogP contribution is -2.29. The second-order valence-corrected chi connectivity index (χ2v) is 7.90. The van der Waals surface area contributed by atoms with Crippen molar-refractivity contribution in [1.82, 2.24) is 0 Å². The number of carbonyl (C=O) groups excluding carboxylic acids is 1. The molecule has 0 saturated heterocycles. The fourth-order valence-corrected chi connectivity index (χ4v) is 4.83. The fraction of sp³-hybridized carbons (Fsp3) is 0.609. The van der Waals surface area contributed by atoms with Crippen molar-refractivity contribution in [2.24, 2.45) is 11.8 Å². The number of benzene rings is 1. The summed E-state index contributed by atoms with van der Waals surface area (Å²) in [7, 11) is 1.72. The minimum absolute atomic E-state index is 0.122. The Hall–Kier alpha value is -1.77. The molecule has 142 valence electrons. The van der Waals surface area contributed by atoms with Gasteiger partial charge in [0, 0.05) is 0 Å². The van der Waals surface area contributed by atoms with E-state index in [4.69, 9.17) is 9.47 Å². The maximum absolute atomic E-state index is 11.6. The van der Waals surface area contributed by atoms with Gasteiger partial charge in [0.15, 0.2) is 0 Å². The average Bonchev–Trinajstić information content (AvgIpc) is 2.69. The summed E-state index contributed by atoms with van der Waals surface area (Å²) in [5.74, 6) is 3.19. The molecule has 3 nitrogen and oxygen atoms in total. The Morgan fingerprint density at radius 3 is 2.12 bits per heavy atom. The highest BCUT2D eigenvalue weighted by atomic mass is 16.5. The van der Waals surface area contributed by atoms with Crippen LogP contribution in [0, 0.1) is 11.8 Å². The highest BCUT2D eigenvalue weighted by molar-refractivity contribution is 5.71. The number of methoxy groups -OCH3 is 1. The summed E-state index contributed by atoms with van der Waals surface area (Å²) in [6.07, 6.45) is 11.8. The second kappa shape index (κ2) is 9.25. The van der Waals surface area contributed by atoms with Crippen LogP contribution in [0.25, 0.3) is 0 Å². The van der Waals surface area contributed by atoms with Gasteiger partial charge in [-0.15, -0.1) is 6.58 Å². The van der Waals surface area contributed by atoms with E-state index in [0.717, 1.165) is 30.4 Å². The maximum Gasteiger partial charge on any atom is 0.309 e. The first-order chi connectivity index (χ1) is 12.7. The van der Waals surface area contributed by atoms with Crippen LogP contribution in [0.3, 0.4) is 0 Å². The van der Waals surface area contributed by atoms with E-state index in [1.807, 2.05) is 0 Å². The molecule has 0 aromatic heterocycles. The SMILES string of the molecule is C=CCC(=O)O[C@H]1CC[C@H]([C@H]2CC[C@H](c3ccc(OC)cc3)CC2)CC1. The highest BCUT2D eigenvalue weighted by Gasteiger charge is 2.32. The van der Waals surface area contributed by atoms with Crippen molar-refractivity contribution >= 4 is 5.97 Å². The van der Waals surface area contributed by atoms with Crippen LogP contribution >= 0.6 is 0 Å². The molecular weight excluding hydrogens is 324 g/mol. The molecular formula is C23H32O3. The molecule has 2 aliphatic carbocycles. The van der Waals surface area contributed by atoms with Crippen LogP contribution in [0.1, 0.15) is 69.3 Å². The monoisotopic (exact) mass is 356 g/mol. The molecule has 0 bridgehead atoms. The summed E-state index contributed by atoms with van der Waals surface area (Å²) in [5.41, 5.74) is 1.46. The smallest absolute Gasteiger partial charge is 0.309 e. The van der Waals surface area contributed by atoms with Gasteiger partial charge in [-0.2, -0.15) is 0 Å². The predicted octanol–water partition coefficient (Wildman–Crippen LogP) is 5.65. The van der Waals surface area contributed by atoms with Crippen molar-refractivity contribution in [1.29, 1.82) is 0 Å². The summed E-state index contributed by atoms with van der Waals surface area (Å²) in [4.78, 5) is 11.6. The number of carbonyl (C=O) groups is 1. The molecule has 1 aromatic rings. The summed E-state index contributed by atoms with van der Waals surface area (Å²) >= 11 is 0. The van der Waals surface area contributed by atoms with Crippen molar-refractivity contribution in [3.63, 3.8) is 0 Å². The summed E-state index contributed by atoms with van der Waals surface area (Å²) < 4.78 is 10.8. The molecule has 0 unspecified atom stereocenters. The van der Waals surface area contributed by atoms with E-state index in [2.05, 4.69) is 30.8 Å². The zero-order chi connectivity index (χ0) is 18.4. The van der Waals surface area contributed by atoms with Gasteiger partial charge in [-0.3, -0.25) is 4.79 Å². The zero-order valence-corrected chi connectivity index (χ0v) is 16.0. The molecule has 0 aliphatic heterocycles. The Morgan fingerprint density at radius 2 is 1.58 bits per heavy atom. The lowest BCUT2D eigenvalue weighted by molar-refractivity contribution is -0.150. The first-order valence-corrected chi connectivity index (χ1v) is 10.1. The molecule has 3 rings (SSSR count). The first kappa shape index (κ1) is 19.0. The first-order valence-electron chi connectivity index (χ1n) is 10.1. The largest absolute Gasteiger partial charge is 0.497 e. The molecule has 0 spiro atoms. The van der Waals surface area contributed by atoms with Crippen molar-refractivity contribution in [2.75, 3.05) is 7.11 Å². The topological polar surface area (TPSA) is 35.5 Å². The molecule has 2 fully saturated rings. The van der Waals surface area contributed by atoms with E-state index in [9.17, 15) is 4.79 Å². The predicted molar refractivity (Wildman–Crippen MR) is 104 cm³/mol. The average molecular weight is 357 g/mol. The molecule has 1 aromatic carbocycles. The minimum atomic E-state index is -0.122. The molecule has 3 heteroatoms. The molecule has 0 N–H and O–H groups in total. The Labute approximate surface area is 157 Å². The third-order valence-electron chi connectivity index (χ3n) is 6.35. The van der Waals surface area contributed by atoms with Crippen molar-refractivity contribution < 1.29 is 14.3 Å². The van der Waals surface area contributed by atoms with Gasteiger partial charge >= 0.3 is 5.97 Å². The van der Waals surface area contributed by atoms with Crippen LogP contribution in [0.15, 0.2) is 36.9 Å². The van der Waals surface area contributed by atoms with Gasteiger partial charge in [-0.05, 0) is 86.8 Å². The Balaban J connectivity index is 1.42. The lowest BCUT2D eigenvalue weighted by atomic mass is 9.69. The van der Waals surface area contributed by atoms with E-state index in [1.165, 1.54) is 44.1 Å². The maximum atomic E-state index is 11.6. The van der Waals surface area contributed by atoms with E-state index in [-0.39, 0.29) is 12.1 Å². The van der Waals surface area contributed by atoms with Crippen LogP contribution in [0.2, 0.25) is 0 Å². The number of ether oxygens (including phenoxy) is 2. The van der Waals surface area contributed by atoms with E-state index in [0.29, 0.717) is 12.3 Å². The van der Waals surface area contributed by atoms with Crippen LogP contribution in [0.4, 0.5) is 0 Å². The number of hydrogen-bond donors (Lipinski definition) is 0. The van der Waals surface area contributed by atoms with Crippen LogP contribution in [-0.2, 0) is 9.53 Å². The molecule has 0 amide bonds. The number of rotatable bonds is 6. The van der Waals surface area contributed by atoms with E-state index >= 15 is 0 Å². The Morgan fingerprint density at radius 1 is 1.00 bits per heavy atom. The number of esters is 1. The van der Waals surface area contributed by atoms with Crippen molar-refractivity contribution in [3.05, 3.63) is 42.5 Å². The van der Waals surface area contributed by atoms with Crippen LogP contribution < -0.4 is 4.74 Å². The van der Waals surface area contributed by atoms with Gasteiger partial charge in [0.25, 0.3) is 0 Å². The highest BCUT2D eigenvalue weighted by Crippen LogP contribution is 2.43. The Kier molecular flexibility index (Phi) is 6.76. The molecule has 26 heavy (non-hydrogen) atoms. The van der Waals surface area contributed by atoms with Gasteiger partial charge in [0.05, 0.1) is 13.5 Å². The molecule has 0 heterocycles. The zero-order valence-electron chi connectivity index (χ0n) is 16.0. The third-order valence-corrected chi connectivity index (χ3v) is 6.35. The van der Waals surface area contributed by atoms with E-state index < -0.39 is 0 Å². The third kappa shape index (κ3) is 4.90. The van der Waals surface area contributed by atoms with Gasteiger partial charge in [0.1, 0.15) is 11.9 Å². The Bertz CT molecular complexity index is 576. The second-order valence-electron chi connectivity index (χ2n) is 7.90. The lowest BCUT2D eigenvalue weighted by Gasteiger charge is -2.37. The van der Waals surface area contributed by atoms with Crippen LogP contribution in [-0.4, -0.2) is 19.2 Å². The van der Waals surface area contributed by atoms with Crippen molar-refractivity contribution in [2.45, 2.75) is 69.8 Å². The normalized spacial score (nSPS) is 29.0. The summed E-state index contributed by atoms with van der Waals surface area (Å²) in [6.45, 7) is 3.60. The molecule has 2 aliphatic rings. The summed E-state index contributed by atoms with van der Waals surface area (Å²) in [5, 5.41) is 0. The van der Waals surface area contributed by atoms with Gasteiger partial charge in [0.2, 0.25) is 0 Å². The van der Waals surface area contributed by atoms with Crippen LogP contribution in [0.5, 0.6) is 5.75 Å². The molecule has 2 saturated carbocycles. The van der Waals surface area contributed by atoms with Crippen molar-refractivity contribution in [3.8, 4) is 5.75 Å². The quantitative estimate of drug-likeness (QED) is 0.488. The van der Waals surface area contributed by atoms with E-state index in [1.54, 1.807) is 13.2 Å². The molecule has 0 radical (unpaired) electrons. The van der Waals surface area contributed by atoms with Gasteiger partial charge in [-0.25, -0.2) is 0 Å². The minimum Gasteiger partial charge on any atom is -0.497 e. The summed E-state index contributed by atoms with van der Waals surface area (Å²) in [6, 6.07) is 8.62.